The second kappa shape index (κ2) is 8.94. The normalized spacial score (nSPS) is 23.1. The third-order valence-corrected chi connectivity index (χ3v) is 7.08. The fourth-order valence-corrected chi connectivity index (χ4v) is 5.27. The van der Waals surface area contributed by atoms with Crippen LogP contribution < -0.4 is 5.32 Å². The van der Waals surface area contributed by atoms with E-state index < -0.39 is 5.54 Å². The predicted molar refractivity (Wildman–Crippen MR) is 122 cm³/mol. The summed E-state index contributed by atoms with van der Waals surface area (Å²) in [5, 5.41) is 3.00. The Morgan fingerprint density at radius 2 is 1.79 bits per heavy atom. The molecule has 3 saturated heterocycles. The Labute approximate surface area is 193 Å². The smallest absolute Gasteiger partial charge is 0.325 e. The number of hydrogen-bond donors (Lipinski definition) is 1. The number of aromatic nitrogens is 1. The number of likely N-dealkylation sites (tertiary alicyclic amines) is 2. The fraction of sp³-hybridized carbons (Fsp3) is 0.440. The lowest BCUT2D eigenvalue weighted by atomic mass is 9.86. The molecule has 2 aromatic rings. The zero-order chi connectivity index (χ0) is 22.8. The van der Waals surface area contributed by atoms with Gasteiger partial charge in [0, 0.05) is 37.9 Å². The minimum atomic E-state index is -0.895. The number of pyridine rings is 1. The van der Waals surface area contributed by atoms with Crippen LogP contribution in [0.5, 0.6) is 0 Å². The molecule has 8 nitrogen and oxygen atoms in total. The highest BCUT2D eigenvalue weighted by Crippen LogP contribution is 2.33. The van der Waals surface area contributed by atoms with Gasteiger partial charge in [-0.3, -0.25) is 24.4 Å². The van der Waals surface area contributed by atoms with Crippen molar-refractivity contribution in [3.05, 3.63) is 66.0 Å². The summed E-state index contributed by atoms with van der Waals surface area (Å²) >= 11 is 0. The monoisotopic (exact) mass is 447 g/mol. The van der Waals surface area contributed by atoms with Crippen LogP contribution in [0.4, 0.5) is 4.79 Å². The van der Waals surface area contributed by atoms with Gasteiger partial charge in [0.05, 0.1) is 11.7 Å². The van der Waals surface area contributed by atoms with Crippen LogP contribution in [0.25, 0.3) is 0 Å². The van der Waals surface area contributed by atoms with Gasteiger partial charge in [0.15, 0.2) is 0 Å². The summed E-state index contributed by atoms with van der Waals surface area (Å²) in [6.07, 6.45) is 4.41. The molecule has 0 saturated carbocycles. The summed E-state index contributed by atoms with van der Waals surface area (Å²) in [5.41, 5.74) is 0.739. The molecule has 4 heterocycles. The van der Waals surface area contributed by atoms with Crippen molar-refractivity contribution >= 4 is 17.8 Å². The number of urea groups is 1. The standard InChI is InChI=1S/C25H29N5O3/c31-22(19-7-2-1-3-8-19)29-15-11-25(12-16-29)23(32)30(24(33)27-25)21-10-6-14-28(18-21)17-20-9-4-5-13-26-20/h1-5,7-9,13,21H,6,10-12,14-18H2,(H,27,33). The van der Waals surface area contributed by atoms with Crippen molar-refractivity contribution in [3.63, 3.8) is 0 Å². The van der Waals surface area contributed by atoms with Crippen molar-refractivity contribution in [3.8, 4) is 0 Å². The number of rotatable bonds is 4. The highest BCUT2D eigenvalue weighted by atomic mass is 16.2. The topological polar surface area (TPSA) is 85.8 Å². The number of hydrogen-bond acceptors (Lipinski definition) is 5. The number of piperidine rings is 2. The molecule has 4 amide bonds. The molecule has 3 aliphatic heterocycles. The average Bonchev–Trinajstić information content (AvgIpc) is 3.09. The van der Waals surface area contributed by atoms with Gasteiger partial charge in [-0.2, -0.15) is 0 Å². The number of nitrogens with zero attached hydrogens (tertiary/aromatic N) is 4. The molecule has 172 valence electrons. The van der Waals surface area contributed by atoms with Crippen molar-refractivity contribution in [2.75, 3.05) is 26.2 Å². The average molecular weight is 448 g/mol. The third kappa shape index (κ3) is 4.23. The molecule has 3 fully saturated rings. The lowest BCUT2D eigenvalue weighted by Gasteiger charge is -2.39. The summed E-state index contributed by atoms with van der Waals surface area (Å²) in [6.45, 7) is 3.19. The van der Waals surface area contributed by atoms with E-state index in [9.17, 15) is 14.4 Å². The van der Waals surface area contributed by atoms with E-state index >= 15 is 0 Å². The van der Waals surface area contributed by atoms with Crippen LogP contribution in [0.1, 0.15) is 41.7 Å². The van der Waals surface area contributed by atoms with Gasteiger partial charge < -0.3 is 10.2 Å². The molecular weight excluding hydrogens is 418 g/mol. The van der Waals surface area contributed by atoms with E-state index in [1.807, 2.05) is 36.4 Å². The lowest BCUT2D eigenvalue weighted by molar-refractivity contribution is -0.135. The Morgan fingerprint density at radius 1 is 1.03 bits per heavy atom. The molecule has 3 aliphatic rings. The van der Waals surface area contributed by atoms with E-state index in [1.54, 1.807) is 23.2 Å². The molecule has 0 bridgehead atoms. The number of imide groups is 1. The Bertz CT molecular complexity index is 1020. The van der Waals surface area contributed by atoms with E-state index in [0.717, 1.165) is 25.1 Å². The quantitative estimate of drug-likeness (QED) is 0.727. The van der Waals surface area contributed by atoms with Crippen LogP contribution in [-0.4, -0.2) is 75.3 Å². The first-order chi connectivity index (χ1) is 16.1. The Kier molecular flexibility index (Phi) is 5.85. The maximum atomic E-state index is 13.5. The minimum absolute atomic E-state index is 0.0310. The summed E-state index contributed by atoms with van der Waals surface area (Å²) < 4.78 is 0. The van der Waals surface area contributed by atoms with Gasteiger partial charge in [0.25, 0.3) is 11.8 Å². The molecule has 0 radical (unpaired) electrons. The van der Waals surface area contributed by atoms with Crippen molar-refractivity contribution < 1.29 is 14.4 Å². The maximum absolute atomic E-state index is 13.5. The fourth-order valence-electron chi connectivity index (χ4n) is 5.27. The number of carbonyl (C=O) groups is 3. The molecule has 1 atom stereocenters. The molecule has 0 aliphatic carbocycles. The van der Waals surface area contributed by atoms with Crippen molar-refractivity contribution in [1.29, 1.82) is 0 Å². The summed E-state index contributed by atoms with van der Waals surface area (Å²) in [5.74, 6) is -0.166. The second-order valence-electron chi connectivity index (χ2n) is 9.20. The SMILES string of the molecule is O=C(c1ccccc1)N1CCC2(CC1)NC(=O)N(C1CCCN(Cc3ccccn3)C1)C2=O. The molecule has 8 heteroatoms. The van der Waals surface area contributed by atoms with E-state index in [4.69, 9.17) is 0 Å². The molecule has 1 unspecified atom stereocenters. The van der Waals surface area contributed by atoms with Gasteiger partial charge in [0.2, 0.25) is 0 Å². The predicted octanol–water partition coefficient (Wildman–Crippen LogP) is 2.27. The van der Waals surface area contributed by atoms with Crippen LogP contribution in [0.2, 0.25) is 0 Å². The zero-order valence-corrected chi connectivity index (χ0v) is 18.7. The van der Waals surface area contributed by atoms with Crippen molar-refractivity contribution in [1.82, 2.24) is 25.0 Å². The third-order valence-electron chi connectivity index (χ3n) is 7.08. The van der Waals surface area contributed by atoms with Gasteiger partial charge in [-0.05, 0) is 56.5 Å². The van der Waals surface area contributed by atoms with Gasteiger partial charge in [0.1, 0.15) is 5.54 Å². The number of benzene rings is 1. The summed E-state index contributed by atoms with van der Waals surface area (Å²) in [6, 6.07) is 14.6. The molecule has 1 aromatic carbocycles. The van der Waals surface area contributed by atoms with E-state index in [2.05, 4.69) is 15.2 Å². The summed E-state index contributed by atoms with van der Waals surface area (Å²) in [7, 11) is 0. The van der Waals surface area contributed by atoms with Crippen LogP contribution in [0.3, 0.4) is 0 Å². The lowest BCUT2D eigenvalue weighted by Crippen LogP contribution is -2.56. The molecule has 5 rings (SSSR count). The van der Waals surface area contributed by atoms with E-state index in [-0.39, 0.29) is 23.9 Å². The molecular formula is C25H29N5O3. The summed E-state index contributed by atoms with van der Waals surface area (Å²) in [4.78, 5) is 49.1. The Balaban J connectivity index is 1.23. The molecule has 33 heavy (non-hydrogen) atoms. The molecule has 1 aromatic heterocycles. The van der Waals surface area contributed by atoms with Gasteiger partial charge in [-0.1, -0.05) is 24.3 Å². The zero-order valence-electron chi connectivity index (χ0n) is 18.7. The largest absolute Gasteiger partial charge is 0.338 e. The van der Waals surface area contributed by atoms with E-state index in [1.165, 1.54) is 4.90 Å². The van der Waals surface area contributed by atoms with Crippen molar-refractivity contribution in [2.45, 2.75) is 43.8 Å². The highest BCUT2D eigenvalue weighted by Gasteiger charge is 2.54. The van der Waals surface area contributed by atoms with Crippen LogP contribution in [0.15, 0.2) is 54.7 Å². The number of amides is 4. The highest BCUT2D eigenvalue weighted by molar-refractivity contribution is 6.07. The van der Waals surface area contributed by atoms with E-state index in [0.29, 0.717) is 44.6 Å². The van der Waals surface area contributed by atoms with Crippen LogP contribution >= 0.6 is 0 Å². The van der Waals surface area contributed by atoms with Gasteiger partial charge >= 0.3 is 6.03 Å². The molecule has 1 N–H and O–H groups in total. The van der Waals surface area contributed by atoms with Crippen LogP contribution in [-0.2, 0) is 11.3 Å². The second-order valence-corrected chi connectivity index (χ2v) is 9.20. The maximum Gasteiger partial charge on any atom is 0.325 e. The first-order valence-corrected chi connectivity index (χ1v) is 11.7. The minimum Gasteiger partial charge on any atom is -0.338 e. The van der Waals surface area contributed by atoms with Crippen molar-refractivity contribution in [2.24, 2.45) is 0 Å². The Hall–Kier alpha value is -3.26. The molecule has 1 spiro atoms. The van der Waals surface area contributed by atoms with Gasteiger partial charge in [-0.15, -0.1) is 0 Å². The first-order valence-electron chi connectivity index (χ1n) is 11.7. The number of nitrogens with one attached hydrogen (secondary N) is 1. The number of carbonyl (C=O) groups excluding carboxylic acids is 3. The Morgan fingerprint density at radius 3 is 2.52 bits per heavy atom. The van der Waals surface area contributed by atoms with Crippen LogP contribution in [0, 0.1) is 0 Å². The first kappa shape index (κ1) is 21.6. The van der Waals surface area contributed by atoms with Gasteiger partial charge in [-0.25, -0.2) is 4.79 Å².